The molecule has 0 nitrogen and oxygen atoms in total. The molecular weight excluding hydrogens is 655 g/mol. The normalized spacial score (nSPS) is 14.2. The van der Waals surface area contributed by atoms with Gasteiger partial charge in [-0.25, -0.2) is 0 Å². The molecule has 0 heterocycles. The Morgan fingerprint density at radius 1 is 0.682 bits per heavy atom. The third-order valence-electron chi connectivity index (χ3n) is 9.14. The van der Waals surface area contributed by atoms with E-state index in [0.717, 1.165) is 12.8 Å². The maximum absolute atomic E-state index is 2.65. The van der Waals surface area contributed by atoms with Crippen molar-refractivity contribution in [1.29, 1.82) is 0 Å². The molecule has 0 N–H and O–H groups in total. The van der Waals surface area contributed by atoms with E-state index in [9.17, 15) is 0 Å². The third-order valence-corrected chi connectivity index (χ3v) is 17.4. The Hall–Kier alpha value is -2.31. The van der Waals surface area contributed by atoms with Gasteiger partial charge in [-0.05, 0) is 0 Å². The zero-order valence-corrected chi connectivity index (χ0v) is 31.1. The summed E-state index contributed by atoms with van der Waals surface area (Å²) < 4.78 is 3.76. The molecule has 0 amide bonds. The van der Waals surface area contributed by atoms with Crippen LogP contribution in [0.25, 0.3) is 11.1 Å². The average molecular weight is 699 g/mol. The van der Waals surface area contributed by atoms with Gasteiger partial charge in [0, 0.05) is 0 Å². The Kier molecular flexibility index (Phi) is 10.7. The molecule has 6 rings (SSSR count). The topological polar surface area (TPSA) is 0 Å². The first-order chi connectivity index (χ1) is 20.1. The van der Waals surface area contributed by atoms with Crippen LogP contribution in [0.3, 0.4) is 0 Å². The molecule has 2 aliphatic rings. The second-order valence-corrected chi connectivity index (χ2v) is 20.3. The van der Waals surface area contributed by atoms with Crippen molar-refractivity contribution in [3.05, 3.63) is 151 Å². The monoisotopic (exact) mass is 696 g/mol. The zero-order chi connectivity index (χ0) is 29.6. The molecule has 0 atom stereocenters. The first kappa shape index (κ1) is 34.6. The Balaban J connectivity index is 0.00000221. The van der Waals surface area contributed by atoms with Crippen LogP contribution in [-0.4, -0.2) is 3.21 Å². The van der Waals surface area contributed by atoms with Gasteiger partial charge in [0.15, 0.2) is 0 Å². The van der Waals surface area contributed by atoms with E-state index < -0.39 is 21.3 Å². The van der Waals surface area contributed by atoms with E-state index in [0.29, 0.717) is 3.63 Å². The van der Waals surface area contributed by atoms with Gasteiger partial charge in [0.05, 0.1) is 0 Å². The molecule has 4 aromatic carbocycles. The standard InChI is InChI=1S/C21H25.C15H14.C5H5.2ClH.Zr/c1-20(2,3)16-9-7-14-11-15-8-10-17(21(4,5)6)13-19(15)18(14)12-16;1-2-13-8-10-15(11-9-13)12-14-6-4-3-5-7-14;1-2-4-5-3-1;;;/h7-13H,1-6H3;3-11H,2H2,1H3;1-3H,4H2;2*1H;/q;;;;;+2/p-2. The first-order valence-electron chi connectivity index (χ1n) is 15.6. The predicted molar refractivity (Wildman–Crippen MR) is 178 cm³/mol. The number of fused-ring (bicyclic) bond motifs is 3. The van der Waals surface area contributed by atoms with E-state index in [1.54, 1.807) is 17.6 Å². The molecule has 44 heavy (non-hydrogen) atoms. The van der Waals surface area contributed by atoms with Crippen molar-refractivity contribution in [2.24, 2.45) is 0 Å². The van der Waals surface area contributed by atoms with Crippen LogP contribution in [0.2, 0.25) is 0 Å². The number of benzene rings is 4. The van der Waals surface area contributed by atoms with E-state index >= 15 is 0 Å². The van der Waals surface area contributed by atoms with Crippen LogP contribution < -0.4 is 24.8 Å². The maximum Gasteiger partial charge on any atom is -1.00 e. The molecule has 0 fully saturated rings. The average Bonchev–Trinajstić information content (AvgIpc) is 3.62. The van der Waals surface area contributed by atoms with Crippen molar-refractivity contribution in [2.45, 2.75) is 75.8 Å². The largest absolute Gasteiger partial charge is 1.00 e. The van der Waals surface area contributed by atoms with Crippen molar-refractivity contribution < 1.29 is 46.1 Å². The molecule has 0 radical (unpaired) electrons. The van der Waals surface area contributed by atoms with Gasteiger partial charge in [-0.1, -0.05) is 0 Å². The molecule has 2 aliphatic carbocycles. The molecule has 0 bridgehead atoms. The molecule has 226 valence electrons. The third kappa shape index (κ3) is 6.63. The summed E-state index contributed by atoms with van der Waals surface area (Å²) in [6.45, 7) is 16.3. The van der Waals surface area contributed by atoms with Crippen LogP contribution >= 0.6 is 0 Å². The number of halogens is 2. The number of allylic oxidation sites excluding steroid dienone is 4. The van der Waals surface area contributed by atoms with Crippen molar-refractivity contribution in [3.63, 3.8) is 0 Å². The Bertz CT molecular complexity index is 1660. The van der Waals surface area contributed by atoms with Gasteiger partial charge in [0.1, 0.15) is 0 Å². The second-order valence-electron chi connectivity index (χ2n) is 14.1. The molecule has 0 saturated carbocycles. The van der Waals surface area contributed by atoms with E-state index in [4.69, 9.17) is 0 Å². The summed E-state index contributed by atoms with van der Waals surface area (Å²) in [5, 5.41) is 0. The smallest absolute Gasteiger partial charge is 1.00 e. The van der Waals surface area contributed by atoms with E-state index in [1.165, 1.54) is 38.9 Å². The summed E-state index contributed by atoms with van der Waals surface area (Å²) in [4.78, 5) is 0. The van der Waals surface area contributed by atoms with Crippen LogP contribution in [0, 0.1) is 0 Å². The number of aryl methyl sites for hydroxylation is 1. The van der Waals surface area contributed by atoms with E-state index in [-0.39, 0.29) is 35.6 Å². The van der Waals surface area contributed by atoms with Gasteiger partial charge < -0.3 is 24.8 Å². The Morgan fingerprint density at radius 2 is 1.20 bits per heavy atom. The molecule has 3 heteroatoms. The molecule has 0 aliphatic heterocycles. The van der Waals surface area contributed by atoms with Crippen LogP contribution in [0.5, 0.6) is 0 Å². The summed E-state index contributed by atoms with van der Waals surface area (Å²) >= 11 is -2.65. The van der Waals surface area contributed by atoms with Gasteiger partial charge in [-0.15, -0.1) is 0 Å². The van der Waals surface area contributed by atoms with Gasteiger partial charge in [-0.3, -0.25) is 0 Å². The zero-order valence-electron chi connectivity index (χ0n) is 27.1. The molecule has 0 saturated heterocycles. The number of hydrogen-bond acceptors (Lipinski definition) is 0. The summed E-state index contributed by atoms with van der Waals surface area (Å²) in [6, 6.07) is 35.7. The Labute approximate surface area is 285 Å². The Morgan fingerprint density at radius 3 is 1.66 bits per heavy atom. The molecular formula is C41H44Cl2Zr. The van der Waals surface area contributed by atoms with Gasteiger partial charge >= 0.3 is 263 Å². The van der Waals surface area contributed by atoms with Crippen LogP contribution in [-0.2, 0) is 38.5 Å². The minimum atomic E-state index is -2.65. The summed E-state index contributed by atoms with van der Waals surface area (Å²) in [6.07, 6.45) is 9.31. The SMILES string of the molecule is CCc1ccc(/[C](c2ccccc2)=[Zr+2](/[C]2=CC=CC2)[CH]2c3ccc(C(C)(C)C)cc3-c3cc(C(C)(C)C)ccc32)cc1.[Cl-].[Cl-]. The minimum Gasteiger partial charge on any atom is -1.00 e. The second kappa shape index (κ2) is 13.6. The predicted octanol–water partition coefficient (Wildman–Crippen LogP) is 4.65. The van der Waals surface area contributed by atoms with Crippen LogP contribution in [0.15, 0.2) is 113 Å². The van der Waals surface area contributed by atoms with Crippen molar-refractivity contribution in [2.75, 3.05) is 0 Å². The molecule has 0 aromatic heterocycles. The van der Waals surface area contributed by atoms with E-state index in [1.807, 2.05) is 0 Å². The van der Waals surface area contributed by atoms with Gasteiger partial charge in [0.25, 0.3) is 0 Å². The van der Waals surface area contributed by atoms with Crippen molar-refractivity contribution >= 4 is 3.21 Å². The summed E-state index contributed by atoms with van der Waals surface area (Å²) in [5.41, 5.74) is 13.3. The molecule has 0 unspecified atom stereocenters. The summed E-state index contributed by atoms with van der Waals surface area (Å²) in [5.74, 6) is 0. The van der Waals surface area contributed by atoms with Crippen molar-refractivity contribution in [3.8, 4) is 11.1 Å². The molecule has 4 aromatic rings. The van der Waals surface area contributed by atoms with Crippen molar-refractivity contribution in [1.82, 2.24) is 0 Å². The van der Waals surface area contributed by atoms with Gasteiger partial charge in [-0.2, -0.15) is 0 Å². The number of rotatable bonds is 5. The van der Waals surface area contributed by atoms with Gasteiger partial charge in [0.2, 0.25) is 0 Å². The fourth-order valence-corrected chi connectivity index (χ4v) is 15.7. The van der Waals surface area contributed by atoms with E-state index in [2.05, 4.69) is 158 Å². The minimum absolute atomic E-state index is 0. The number of hydrogen-bond donors (Lipinski definition) is 0. The van der Waals surface area contributed by atoms with Crippen LogP contribution in [0.4, 0.5) is 0 Å². The van der Waals surface area contributed by atoms with Crippen LogP contribution in [0.1, 0.15) is 97.5 Å². The summed E-state index contributed by atoms with van der Waals surface area (Å²) in [7, 11) is 0. The first-order valence-corrected chi connectivity index (χ1v) is 19.5. The quantitative estimate of drug-likeness (QED) is 0.285. The fourth-order valence-electron chi connectivity index (χ4n) is 6.62. The fraction of sp³-hybridized carbons (Fsp3) is 0.293. The molecule has 0 spiro atoms. The maximum atomic E-state index is 2.53.